The monoisotopic (exact) mass is 333 g/mol. The number of hydrogen-bond acceptors (Lipinski definition) is 2. The molecule has 0 fully saturated rings. The van der Waals surface area contributed by atoms with Crippen molar-refractivity contribution in [3.05, 3.63) is 64.1 Å². The van der Waals surface area contributed by atoms with E-state index < -0.39 is 0 Å². The van der Waals surface area contributed by atoms with Crippen LogP contribution in [0.4, 0.5) is 0 Å². The van der Waals surface area contributed by atoms with Crippen LogP contribution < -0.4 is 10.1 Å². The van der Waals surface area contributed by atoms with Crippen molar-refractivity contribution in [2.75, 3.05) is 6.54 Å². The van der Waals surface area contributed by atoms with E-state index in [2.05, 4.69) is 59.4 Å². The molecule has 2 nitrogen and oxygen atoms in total. The van der Waals surface area contributed by atoms with Gasteiger partial charge in [0.25, 0.3) is 0 Å². The summed E-state index contributed by atoms with van der Waals surface area (Å²) in [5.74, 6) is 0.900. The van der Waals surface area contributed by atoms with Crippen LogP contribution in [0.15, 0.2) is 53.0 Å². The summed E-state index contributed by atoms with van der Waals surface area (Å²) in [5.41, 5.74) is 2.44. The lowest BCUT2D eigenvalue weighted by Gasteiger charge is -2.13. The summed E-state index contributed by atoms with van der Waals surface area (Å²) in [7, 11) is 0. The third kappa shape index (κ3) is 4.36. The molecule has 2 rings (SSSR count). The molecular weight excluding hydrogens is 314 g/mol. The molecule has 1 N–H and O–H groups in total. The van der Waals surface area contributed by atoms with Crippen molar-refractivity contribution in [2.24, 2.45) is 0 Å². The Morgan fingerprint density at radius 2 is 1.90 bits per heavy atom. The van der Waals surface area contributed by atoms with Crippen molar-refractivity contribution in [2.45, 2.75) is 26.5 Å². The third-order valence-corrected chi connectivity index (χ3v) is 3.68. The average Bonchev–Trinajstić information content (AvgIpc) is 2.46. The second-order valence-corrected chi connectivity index (χ2v) is 5.68. The van der Waals surface area contributed by atoms with E-state index in [-0.39, 0.29) is 0 Å². The average molecular weight is 334 g/mol. The molecule has 0 amide bonds. The van der Waals surface area contributed by atoms with Gasteiger partial charge in [-0.25, -0.2) is 0 Å². The second-order valence-electron chi connectivity index (χ2n) is 4.77. The molecule has 3 heteroatoms. The van der Waals surface area contributed by atoms with E-state index in [0.29, 0.717) is 12.6 Å². The molecule has 0 saturated heterocycles. The highest BCUT2D eigenvalue weighted by Gasteiger charge is 2.03. The van der Waals surface area contributed by atoms with Crippen molar-refractivity contribution in [1.29, 1.82) is 0 Å². The zero-order valence-electron chi connectivity index (χ0n) is 11.9. The SMILES string of the molecule is CCNC(C)c1ccc(OCc2cccc(Br)c2)cc1. The first kappa shape index (κ1) is 15.1. The zero-order valence-corrected chi connectivity index (χ0v) is 13.5. The van der Waals surface area contributed by atoms with Gasteiger partial charge in [0, 0.05) is 10.5 Å². The molecule has 0 bridgehead atoms. The minimum Gasteiger partial charge on any atom is -0.489 e. The van der Waals surface area contributed by atoms with Crippen LogP contribution in [0.5, 0.6) is 5.75 Å². The first-order valence-corrected chi connectivity index (χ1v) is 7.69. The number of hydrogen-bond donors (Lipinski definition) is 1. The lowest BCUT2D eigenvalue weighted by atomic mass is 10.1. The van der Waals surface area contributed by atoms with Gasteiger partial charge in [0.15, 0.2) is 0 Å². The van der Waals surface area contributed by atoms with Crippen molar-refractivity contribution >= 4 is 15.9 Å². The molecule has 1 unspecified atom stereocenters. The van der Waals surface area contributed by atoms with E-state index in [1.807, 2.05) is 24.3 Å². The highest BCUT2D eigenvalue weighted by atomic mass is 79.9. The number of nitrogens with one attached hydrogen (secondary N) is 1. The molecule has 2 aromatic carbocycles. The van der Waals surface area contributed by atoms with E-state index in [4.69, 9.17) is 4.74 Å². The quantitative estimate of drug-likeness (QED) is 0.827. The minimum atomic E-state index is 0.374. The summed E-state index contributed by atoms with van der Waals surface area (Å²) < 4.78 is 6.88. The van der Waals surface area contributed by atoms with Crippen LogP contribution in [0.3, 0.4) is 0 Å². The van der Waals surface area contributed by atoms with E-state index in [0.717, 1.165) is 22.3 Å². The van der Waals surface area contributed by atoms with Crippen molar-refractivity contribution < 1.29 is 4.74 Å². The van der Waals surface area contributed by atoms with Crippen molar-refractivity contribution in [3.63, 3.8) is 0 Å². The van der Waals surface area contributed by atoms with Gasteiger partial charge < -0.3 is 10.1 Å². The van der Waals surface area contributed by atoms with Gasteiger partial charge in [-0.1, -0.05) is 47.1 Å². The summed E-state index contributed by atoms with van der Waals surface area (Å²) >= 11 is 3.47. The molecule has 1 atom stereocenters. The third-order valence-electron chi connectivity index (χ3n) is 3.18. The van der Waals surface area contributed by atoms with Gasteiger partial charge in [-0.05, 0) is 48.9 Å². The molecule has 0 heterocycles. The maximum Gasteiger partial charge on any atom is 0.119 e. The van der Waals surface area contributed by atoms with Crippen LogP contribution in [0.1, 0.15) is 31.0 Å². The highest BCUT2D eigenvalue weighted by Crippen LogP contribution is 2.19. The molecule has 20 heavy (non-hydrogen) atoms. The van der Waals surface area contributed by atoms with E-state index in [1.165, 1.54) is 5.56 Å². The second kappa shape index (κ2) is 7.46. The molecular formula is C17H20BrNO. The Balaban J connectivity index is 1.94. The maximum absolute atomic E-state index is 5.80. The lowest BCUT2D eigenvalue weighted by molar-refractivity contribution is 0.306. The van der Waals surface area contributed by atoms with Crippen LogP contribution in [0, 0.1) is 0 Å². The van der Waals surface area contributed by atoms with Crippen LogP contribution >= 0.6 is 15.9 Å². The maximum atomic E-state index is 5.80. The Kier molecular flexibility index (Phi) is 5.62. The fourth-order valence-electron chi connectivity index (χ4n) is 2.07. The first-order chi connectivity index (χ1) is 9.69. The lowest BCUT2D eigenvalue weighted by Crippen LogP contribution is -2.17. The Morgan fingerprint density at radius 3 is 2.55 bits per heavy atom. The molecule has 0 spiro atoms. The smallest absolute Gasteiger partial charge is 0.119 e. The molecule has 106 valence electrons. The predicted octanol–water partition coefficient (Wildman–Crippen LogP) is 4.70. The largest absolute Gasteiger partial charge is 0.489 e. The Hall–Kier alpha value is -1.32. The van der Waals surface area contributed by atoms with Crippen molar-refractivity contribution in [1.82, 2.24) is 5.32 Å². The Bertz CT molecular complexity index is 539. The molecule has 0 saturated carbocycles. The Morgan fingerprint density at radius 1 is 1.15 bits per heavy atom. The summed E-state index contributed by atoms with van der Waals surface area (Å²) in [4.78, 5) is 0. The van der Waals surface area contributed by atoms with Crippen LogP contribution in [0.2, 0.25) is 0 Å². The number of rotatable bonds is 6. The molecule has 0 radical (unpaired) electrons. The normalized spacial score (nSPS) is 12.2. The van der Waals surface area contributed by atoms with Crippen molar-refractivity contribution in [3.8, 4) is 5.75 Å². The van der Waals surface area contributed by atoms with E-state index in [1.54, 1.807) is 0 Å². The van der Waals surface area contributed by atoms with Crippen LogP contribution in [-0.2, 0) is 6.61 Å². The number of halogens is 1. The fourth-order valence-corrected chi connectivity index (χ4v) is 2.52. The molecule has 0 aromatic heterocycles. The number of ether oxygens (including phenoxy) is 1. The van der Waals surface area contributed by atoms with Gasteiger partial charge in [0.1, 0.15) is 12.4 Å². The summed E-state index contributed by atoms with van der Waals surface area (Å²) in [5, 5.41) is 3.40. The first-order valence-electron chi connectivity index (χ1n) is 6.89. The summed E-state index contributed by atoms with van der Waals surface area (Å²) in [6.45, 7) is 5.84. The van der Waals surface area contributed by atoms with Gasteiger partial charge in [0.2, 0.25) is 0 Å². The fraction of sp³-hybridized carbons (Fsp3) is 0.294. The number of benzene rings is 2. The molecule has 2 aromatic rings. The predicted molar refractivity (Wildman–Crippen MR) is 87.0 cm³/mol. The van der Waals surface area contributed by atoms with Gasteiger partial charge in [-0.2, -0.15) is 0 Å². The molecule has 0 aliphatic rings. The van der Waals surface area contributed by atoms with E-state index in [9.17, 15) is 0 Å². The highest BCUT2D eigenvalue weighted by molar-refractivity contribution is 9.10. The standard InChI is InChI=1S/C17H20BrNO/c1-3-19-13(2)15-7-9-17(10-8-15)20-12-14-5-4-6-16(18)11-14/h4-11,13,19H,3,12H2,1-2H3. The summed E-state index contributed by atoms with van der Waals surface area (Å²) in [6.07, 6.45) is 0. The van der Waals surface area contributed by atoms with Gasteiger partial charge in [0.05, 0.1) is 0 Å². The molecule has 0 aliphatic carbocycles. The molecule has 0 aliphatic heterocycles. The van der Waals surface area contributed by atoms with Crippen LogP contribution in [0.25, 0.3) is 0 Å². The van der Waals surface area contributed by atoms with Gasteiger partial charge >= 0.3 is 0 Å². The minimum absolute atomic E-state index is 0.374. The van der Waals surface area contributed by atoms with Crippen LogP contribution in [-0.4, -0.2) is 6.54 Å². The summed E-state index contributed by atoms with van der Waals surface area (Å²) in [6, 6.07) is 16.8. The topological polar surface area (TPSA) is 21.3 Å². The Labute approximate surface area is 129 Å². The van der Waals surface area contributed by atoms with Gasteiger partial charge in [-0.3, -0.25) is 0 Å². The van der Waals surface area contributed by atoms with Gasteiger partial charge in [-0.15, -0.1) is 0 Å². The van der Waals surface area contributed by atoms with E-state index >= 15 is 0 Å². The zero-order chi connectivity index (χ0) is 14.4.